The summed E-state index contributed by atoms with van der Waals surface area (Å²) in [5, 5.41) is 0. The Labute approximate surface area is 164 Å². The van der Waals surface area contributed by atoms with Gasteiger partial charge < -0.3 is 10.5 Å². The van der Waals surface area contributed by atoms with Crippen LogP contribution in [0.4, 0.5) is 0 Å². The summed E-state index contributed by atoms with van der Waals surface area (Å²) in [5.41, 5.74) is 7.98. The fourth-order valence-corrected chi connectivity index (χ4v) is 2.16. The molecule has 0 atom stereocenters. The molecule has 0 unspecified atom stereocenters. The topological polar surface area (TPSA) is 35.2 Å². The van der Waals surface area contributed by atoms with Crippen LogP contribution in [0.25, 0.3) is 0 Å². The fourth-order valence-electron chi connectivity index (χ4n) is 1.61. The fraction of sp³-hybridized carbons (Fsp3) is 0.368. The van der Waals surface area contributed by atoms with E-state index in [2.05, 4.69) is 44.6 Å². The van der Waals surface area contributed by atoms with Crippen molar-refractivity contribution in [2.75, 3.05) is 5.83 Å². The zero-order valence-corrected chi connectivity index (χ0v) is 18.5. The van der Waals surface area contributed by atoms with Gasteiger partial charge in [-0.15, -0.1) is 0 Å². The van der Waals surface area contributed by atoms with Gasteiger partial charge in [-0.25, -0.2) is 0 Å². The average molecular weight is 494 g/mol. The molecular weight excluding hydrogens is 465 g/mol. The zero-order chi connectivity index (χ0) is 18.1. The smallest absolute Gasteiger partial charge is 0.133 e. The lowest BCUT2D eigenvalue weighted by Crippen LogP contribution is -2.04. The molecule has 0 radical (unpaired) electrons. The second-order valence-electron chi connectivity index (χ2n) is 3.69. The van der Waals surface area contributed by atoms with Crippen molar-refractivity contribution in [2.24, 2.45) is 5.73 Å². The lowest BCUT2D eigenvalue weighted by molar-refractivity contribution is 0.303. The number of hydrogen-bond acceptors (Lipinski definition) is 2. The maximum atomic E-state index is 5.80. The minimum Gasteiger partial charge on any atom is -0.488 e. The van der Waals surface area contributed by atoms with E-state index in [1.165, 1.54) is 0 Å². The van der Waals surface area contributed by atoms with Crippen molar-refractivity contribution in [3.63, 3.8) is 0 Å². The highest BCUT2D eigenvalue weighted by molar-refractivity contribution is 14.1. The van der Waals surface area contributed by atoms with E-state index in [0.717, 1.165) is 20.4 Å². The number of benzene rings is 2. The van der Waals surface area contributed by atoms with E-state index in [0.29, 0.717) is 13.2 Å². The van der Waals surface area contributed by atoms with Crippen molar-refractivity contribution in [3.05, 3.63) is 63.2 Å². The molecule has 2 rings (SSSR count). The van der Waals surface area contributed by atoms with E-state index in [1.807, 2.05) is 76.0 Å². The maximum absolute atomic E-state index is 5.80. The molecule has 0 amide bonds. The Kier molecular flexibility index (Phi) is 19.0. The van der Waals surface area contributed by atoms with Crippen molar-refractivity contribution in [1.29, 1.82) is 0 Å². The third-order valence-electron chi connectivity index (χ3n) is 2.56. The van der Waals surface area contributed by atoms with Gasteiger partial charge >= 0.3 is 0 Å². The van der Waals surface area contributed by atoms with Crippen molar-refractivity contribution in [1.82, 2.24) is 0 Å². The van der Waals surface area contributed by atoms with Crippen LogP contribution in [0.5, 0.6) is 5.75 Å². The summed E-state index contributed by atoms with van der Waals surface area (Å²) in [6.07, 6.45) is 0. The number of alkyl halides is 1. The van der Waals surface area contributed by atoms with Gasteiger partial charge in [-0.1, -0.05) is 80.0 Å². The largest absolute Gasteiger partial charge is 0.488 e. The van der Waals surface area contributed by atoms with Crippen LogP contribution in [-0.2, 0) is 13.2 Å². The summed E-state index contributed by atoms with van der Waals surface area (Å²) in [5.74, 6) is 2.73. The van der Waals surface area contributed by atoms with Gasteiger partial charge in [-0.2, -0.15) is 0 Å². The zero-order valence-electron chi connectivity index (χ0n) is 14.8. The van der Waals surface area contributed by atoms with E-state index < -0.39 is 0 Å². The maximum Gasteiger partial charge on any atom is 0.133 e. The second-order valence-corrected chi connectivity index (χ2v) is 4.85. The molecular formula is C19H29BrINO. The monoisotopic (exact) mass is 493 g/mol. The van der Waals surface area contributed by atoms with Gasteiger partial charge in [0.05, 0.1) is 3.57 Å². The number of rotatable bonds is 4. The summed E-state index contributed by atoms with van der Waals surface area (Å²) in [6.45, 7) is 9.11. The number of ether oxygens (including phenoxy) is 1. The molecule has 0 aliphatic carbocycles. The van der Waals surface area contributed by atoms with E-state index in [4.69, 9.17) is 10.5 Å². The van der Waals surface area contributed by atoms with Crippen LogP contribution < -0.4 is 10.5 Å². The van der Waals surface area contributed by atoms with Crippen molar-refractivity contribution < 1.29 is 4.74 Å². The molecule has 0 heterocycles. The molecule has 2 aromatic carbocycles. The number of nitrogens with two attached hydrogens (primary N) is 1. The molecule has 2 aromatic rings. The molecule has 0 fully saturated rings. The second kappa shape index (κ2) is 17.8. The van der Waals surface area contributed by atoms with Gasteiger partial charge in [0.1, 0.15) is 12.4 Å². The standard InChI is InChI=1S/C14H14INO.2C2H6.CH3Br/c15-13-7-3-4-8-14(13)17-10-12-6-2-1-5-11(12)9-16;3*1-2/h1-8H,9-10,16H2;2*1-2H3;1H3. The molecule has 0 spiro atoms. The minimum absolute atomic E-state index is 0.547. The predicted molar refractivity (Wildman–Crippen MR) is 115 cm³/mol. The number of para-hydroxylation sites is 1. The van der Waals surface area contributed by atoms with Gasteiger partial charge in [0.2, 0.25) is 0 Å². The van der Waals surface area contributed by atoms with E-state index >= 15 is 0 Å². The van der Waals surface area contributed by atoms with E-state index in [9.17, 15) is 0 Å². The Morgan fingerprint density at radius 2 is 1.35 bits per heavy atom. The molecule has 4 heteroatoms. The first-order chi connectivity index (χ1) is 11.3. The summed E-state index contributed by atoms with van der Waals surface area (Å²) in [7, 11) is 0. The number of hydrogen-bond donors (Lipinski definition) is 1. The summed E-state index contributed by atoms with van der Waals surface area (Å²) in [6, 6.07) is 16.1. The molecule has 0 aromatic heterocycles. The van der Waals surface area contributed by atoms with Gasteiger partial charge in [-0.05, 0) is 51.7 Å². The molecule has 0 aliphatic heterocycles. The lowest BCUT2D eigenvalue weighted by Gasteiger charge is -2.10. The van der Waals surface area contributed by atoms with Crippen LogP contribution in [0, 0.1) is 3.57 Å². The molecule has 23 heavy (non-hydrogen) atoms. The third kappa shape index (κ3) is 9.99. The highest BCUT2D eigenvalue weighted by Crippen LogP contribution is 2.21. The van der Waals surface area contributed by atoms with Gasteiger partial charge in [0.15, 0.2) is 0 Å². The van der Waals surface area contributed by atoms with Gasteiger partial charge in [0, 0.05) is 6.54 Å². The first kappa shape index (κ1) is 24.7. The molecule has 0 aliphatic rings. The first-order valence-electron chi connectivity index (χ1n) is 7.83. The van der Waals surface area contributed by atoms with Crippen LogP contribution in [0.3, 0.4) is 0 Å². The Morgan fingerprint density at radius 1 is 0.870 bits per heavy atom. The lowest BCUT2D eigenvalue weighted by atomic mass is 10.1. The van der Waals surface area contributed by atoms with Crippen LogP contribution in [0.15, 0.2) is 48.5 Å². The summed E-state index contributed by atoms with van der Waals surface area (Å²) < 4.78 is 6.92. The molecule has 130 valence electrons. The highest BCUT2D eigenvalue weighted by Gasteiger charge is 2.03. The molecule has 0 saturated heterocycles. The molecule has 2 N–H and O–H groups in total. The molecule has 0 bridgehead atoms. The van der Waals surface area contributed by atoms with Crippen LogP contribution in [0.1, 0.15) is 38.8 Å². The third-order valence-corrected chi connectivity index (χ3v) is 3.45. The Morgan fingerprint density at radius 3 is 1.87 bits per heavy atom. The normalized spacial score (nSPS) is 8.35. The average Bonchev–Trinajstić information content (AvgIpc) is 2.66. The quantitative estimate of drug-likeness (QED) is 0.395. The summed E-state index contributed by atoms with van der Waals surface area (Å²) >= 11 is 5.21. The number of halogens is 2. The Hall–Kier alpha value is -0.590. The van der Waals surface area contributed by atoms with Gasteiger partial charge in [-0.3, -0.25) is 0 Å². The minimum atomic E-state index is 0.547. The van der Waals surface area contributed by atoms with Crippen molar-refractivity contribution in [2.45, 2.75) is 40.8 Å². The SMILES string of the molecule is CBr.CC.CC.NCc1ccccc1COc1ccccc1I. The Bertz CT molecular complexity index is 506. The van der Waals surface area contributed by atoms with Crippen LogP contribution in [-0.4, -0.2) is 5.83 Å². The highest BCUT2D eigenvalue weighted by atomic mass is 127. The molecule has 2 nitrogen and oxygen atoms in total. The first-order valence-corrected chi connectivity index (χ1v) is 10.5. The van der Waals surface area contributed by atoms with Crippen molar-refractivity contribution in [3.8, 4) is 5.75 Å². The van der Waals surface area contributed by atoms with Crippen molar-refractivity contribution >= 4 is 38.5 Å². The van der Waals surface area contributed by atoms with E-state index in [1.54, 1.807) is 0 Å². The Balaban J connectivity index is 0. The van der Waals surface area contributed by atoms with Crippen LogP contribution in [0.2, 0.25) is 0 Å². The predicted octanol–water partition coefficient (Wildman–Crippen LogP) is 6.39. The van der Waals surface area contributed by atoms with Gasteiger partial charge in [0.25, 0.3) is 0 Å². The summed E-state index contributed by atoms with van der Waals surface area (Å²) in [4.78, 5) is 0. The van der Waals surface area contributed by atoms with Crippen LogP contribution >= 0.6 is 38.5 Å². The van der Waals surface area contributed by atoms with E-state index in [-0.39, 0.29) is 0 Å². The molecule has 0 saturated carbocycles.